The van der Waals surface area contributed by atoms with Crippen LogP contribution in [0.25, 0.3) is 10.9 Å². The maximum atomic E-state index is 12.4. The fourth-order valence-corrected chi connectivity index (χ4v) is 3.30. The van der Waals surface area contributed by atoms with Crippen LogP contribution in [0.3, 0.4) is 0 Å². The number of benzene rings is 2. The second kappa shape index (κ2) is 7.69. The number of para-hydroxylation sites is 1. The number of hydrogen-bond acceptors (Lipinski definition) is 5. The Morgan fingerprint density at radius 2 is 1.79 bits per heavy atom. The molecule has 0 spiro atoms. The lowest BCUT2D eigenvalue weighted by Gasteiger charge is -2.34. The van der Waals surface area contributed by atoms with Crippen LogP contribution in [0.5, 0.6) is 0 Å². The van der Waals surface area contributed by atoms with Gasteiger partial charge in [0.15, 0.2) is 0 Å². The third-order valence-corrected chi connectivity index (χ3v) is 4.86. The van der Waals surface area contributed by atoms with E-state index >= 15 is 0 Å². The van der Waals surface area contributed by atoms with Gasteiger partial charge >= 0.3 is 6.03 Å². The molecule has 0 saturated carbocycles. The molecule has 2 aromatic carbocycles. The molecule has 8 nitrogen and oxygen atoms in total. The zero-order valence-electron chi connectivity index (χ0n) is 15.4. The van der Waals surface area contributed by atoms with Crippen molar-refractivity contribution < 1.29 is 4.79 Å². The number of urea groups is 1. The molecule has 0 bridgehead atoms. The van der Waals surface area contributed by atoms with Crippen molar-refractivity contribution in [3.8, 4) is 0 Å². The lowest BCUT2D eigenvalue weighted by atomic mass is 10.2. The van der Waals surface area contributed by atoms with Crippen molar-refractivity contribution in [1.29, 1.82) is 0 Å². The van der Waals surface area contributed by atoms with Crippen LogP contribution >= 0.6 is 0 Å². The molecule has 1 saturated heterocycles. The van der Waals surface area contributed by atoms with Gasteiger partial charge in [0.2, 0.25) is 0 Å². The summed E-state index contributed by atoms with van der Waals surface area (Å²) in [5.74, 6) is 0.642. The Hall–Kier alpha value is -3.39. The smallest absolute Gasteiger partial charge is 0.321 e. The van der Waals surface area contributed by atoms with Crippen molar-refractivity contribution in [3.63, 3.8) is 0 Å². The molecular weight excluding hydrogens is 356 g/mol. The van der Waals surface area contributed by atoms with Crippen molar-refractivity contribution in [2.75, 3.05) is 37.2 Å². The van der Waals surface area contributed by atoms with Gasteiger partial charge in [-0.25, -0.2) is 9.78 Å². The number of aromatic amines is 1. The minimum absolute atomic E-state index is 0.123. The summed E-state index contributed by atoms with van der Waals surface area (Å²) >= 11 is 0. The first-order chi connectivity index (χ1) is 13.6. The molecule has 144 valence electrons. The molecule has 8 heteroatoms. The van der Waals surface area contributed by atoms with Gasteiger partial charge in [-0.3, -0.25) is 9.69 Å². The van der Waals surface area contributed by atoms with E-state index in [9.17, 15) is 9.59 Å². The molecule has 0 atom stereocenters. The largest absolute Gasteiger partial charge is 0.399 e. The molecule has 0 radical (unpaired) electrons. The zero-order valence-corrected chi connectivity index (χ0v) is 15.4. The number of rotatable bonds is 3. The van der Waals surface area contributed by atoms with Crippen LogP contribution in [0.1, 0.15) is 5.82 Å². The Labute approximate surface area is 162 Å². The number of piperazine rings is 1. The van der Waals surface area contributed by atoms with Crippen LogP contribution in [0.4, 0.5) is 16.2 Å². The Balaban J connectivity index is 1.34. The topological polar surface area (TPSA) is 107 Å². The maximum absolute atomic E-state index is 12.4. The number of carbonyl (C=O) groups excluding carboxylic acids is 1. The molecule has 1 aliphatic heterocycles. The number of fused-ring (bicyclic) bond motifs is 1. The first kappa shape index (κ1) is 18.0. The predicted molar refractivity (Wildman–Crippen MR) is 109 cm³/mol. The maximum Gasteiger partial charge on any atom is 0.321 e. The first-order valence-electron chi connectivity index (χ1n) is 9.20. The van der Waals surface area contributed by atoms with Gasteiger partial charge in [0.1, 0.15) is 5.82 Å². The molecular formula is C20H22N6O2. The van der Waals surface area contributed by atoms with Gasteiger partial charge < -0.3 is 20.9 Å². The highest BCUT2D eigenvalue weighted by atomic mass is 16.2. The number of nitrogens with one attached hydrogen (secondary N) is 2. The number of nitrogen functional groups attached to an aromatic ring is 1. The second-order valence-corrected chi connectivity index (χ2v) is 6.85. The summed E-state index contributed by atoms with van der Waals surface area (Å²) in [7, 11) is 0. The molecule has 1 aliphatic rings. The van der Waals surface area contributed by atoms with E-state index in [1.807, 2.05) is 18.2 Å². The lowest BCUT2D eigenvalue weighted by molar-refractivity contribution is 0.141. The van der Waals surface area contributed by atoms with Gasteiger partial charge in [0, 0.05) is 37.6 Å². The highest BCUT2D eigenvalue weighted by Crippen LogP contribution is 2.13. The highest BCUT2D eigenvalue weighted by Gasteiger charge is 2.21. The Kier molecular flexibility index (Phi) is 4.94. The molecule has 4 N–H and O–H groups in total. The van der Waals surface area contributed by atoms with Gasteiger partial charge in [0.05, 0.1) is 17.4 Å². The lowest BCUT2D eigenvalue weighted by Crippen LogP contribution is -2.49. The molecule has 2 amide bonds. The van der Waals surface area contributed by atoms with Gasteiger partial charge in [0.25, 0.3) is 5.56 Å². The molecule has 3 aromatic rings. The summed E-state index contributed by atoms with van der Waals surface area (Å²) in [5.41, 5.74) is 7.62. The van der Waals surface area contributed by atoms with E-state index in [0.29, 0.717) is 55.1 Å². The summed E-state index contributed by atoms with van der Waals surface area (Å²) in [5, 5.41) is 3.48. The van der Waals surface area contributed by atoms with Crippen LogP contribution in [0.2, 0.25) is 0 Å². The van der Waals surface area contributed by atoms with Crippen LogP contribution < -0.4 is 16.6 Å². The number of H-pyrrole nitrogens is 1. The van der Waals surface area contributed by atoms with E-state index in [-0.39, 0.29) is 11.6 Å². The molecule has 0 aliphatic carbocycles. The molecule has 4 rings (SSSR count). The van der Waals surface area contributed by atoms with Crippen LogP contribution in [0, 0.1) is 0 Å². The fourth-order valence-electron chi connectivity index (χ4n) is 3.30. The number of carbonyl (C=O) groups is 1. The quantitative estimate of drug-likeness (QED) is 0.603. The summed E-state index contributed by atoms with van der Waals surface area (Å²) in [6.45, 7) is 3.20. The SMILES string of the molecule is Nc1ccc(NC(=O)N2CCN(Cc3nc4ccccc4c(=O)[nH]3)CC2)cc1. The van der Waals surface area contributed by atoms with Crippen LogP contribution in [0.15, 0.2) is 53.3 Å². The van der Waals surface area contributed by atoms with Gasteiger partial charge in [-0.2, -0.15) is 0 Å². The number of nitrogens with two attached hydrogens (primary N) is 1. The summed E-state index contributed by atoms with van der Waals surface area (Å²) in [4.78, 5) is 36.0. The van der Waals surface area contributed by atoms with E-state index < -0.39 is 0 Å². The van der Waals surface area contributed by atoms with Crippen molar-refractivity contribution >= 4 is 28.3 Å². The van der Waals surface area contributed by atoms with Crippen molar-refractivity contribution in [2.24, 2.45) is 0 Å². The van der Waals surface area contributed by atoms with Crippen LogP contribution in [-0.2, 0) is 6.54 Å². The molecule has 2 heterocycles. The van der Waals surface area contributed by atoms with E-state index in [1.165, 1.54) is 0 Å². The summed E-state index contributed by atoms with van der Waals surface area (Å²) in [6.07, 6.45) is 0. The van der Waals surface area contributed by atoms with Crippen molar-refractivity contribution in [1.82, 2.24) is 19.8 Å². The normalized spacial score (nSPS) is 14.9. The standard InChI is InChI=1S/C20H22N6O2/c21-14-5-7-15(8-6-14)22-20(28)26-11-9-25(10-12-26)13-18-23-17-4-2-1-3-16(17)19(27)24-18/h1-8H,9-13,21H2,(H,22,28)(H,23,24,27). The Bertz CT molecular complexity index is 1040. The minimum atomic E-state index is -0.123. The predicted octanol–water partition coefficient (Wildman–Crippen LogP) is 1.85. The number of anilines is 2. The Morgan fingerprint density at radius 1 is 1.07 bits per heavy atom. The van der Waals surface area contributed by atoms with E-state index in [2.05, 4.69) is 20.2 Å². The van der Waals surface area contributed by atoms with Gasteiger partial charge in [-0.05, 0) is 36.4 Å². The second-order valence-electron chi connectivity index (χ2n) is 6.85. The summed E-state index contributed by atoms with van der Waals surface area (Å²) < 4.78 is 0. The van der Waals surface area contributed by atoms with Crippen molar-refractivity contribution in [2.45, 2.75) is 6.54 Å². The number of aromatic nitrogens is 2. The third kappa shape index (κ3) is 3.96. The number of nitrogens with zero attached hydrogens (tertiary/aromatic N) is 3. The van der Waals surface area contributed by atoms with E-state index in [4.69, 9.17) is 5.73 Å². The Morgan fingerprint density at radius 3 is 2.54 bits per heavy atom. The average Bonchev–Trinajstić information content (AvgIpc) is 2.70. The molecule has 28 heavy (non-hydrogen) atoms. The number of hydrogen-bond donors (Lipinski definition) is 3. The highest BCUT2D eigenvalue weighted by molar-refractivity contribution is 5.89. The van der Waals surface area contributed by atoms with E-state index in [1.54, 1.807) is 35.2 Å². The minimum Gasteiger partial charge on any atom is -0.399 e. The molecule has 0 unspecified atom stereocenters. The third-order valence-electron chi connectivity index (χ3n) is 4.86. The monoisotopic (exact) mass is 378 g/mol. The zero-order chi connectivity index (χ0) is 19.5. The molecule has 1 fully saturated rings. The number of amides is 2. The van der Waals surface area contributed by atoms with E-state index in [0.717, 1.165) is 5.69 Å². The summed E-state index contributed by atoms with van der Waals surface area (Å²) in [6, 6.07) is 14.3. The molecule has 1 aromatic heterocycles. The van der Waals surface area contributed by atoms with Crippen molar-refractivity contribution in [3.05, 3.63) is 64.7 Å². The fraction of sp³-hybridized carbons (Fsp3) is 0.250. The van der Waals surface area contributed by atoms with Crippen LogP contribution in [-0.4, -0.2) is 52.0 Å². The first-order valence-corrected chi connectivity index (χ1v) is 9.20. The van der Waals surface area contributed by atoms with Gasteiger partial charge in [-0.15, -0.1) is 0 Å². The average molecular weight is 378 g/mol. The van der Waals surface area contributed by atoms with Gasteiger partial charge in [-0.1, -0.05) is 12.1 Å².